The monoisotopic (exact) mass is 371 g/mol. The van der Waals surface area contributed by atoms with Gasteiger partial charge in [0, 0.05) is 5.39 Å². The highest BCUT2D eigenvalue weighted by Gasteiger charge is 2.19. The molecule has 1 atom stereocenters. The number of carbonyl (C=O) groups is 2. The minimum Gasteiger partial charge on any atom is -0.366 e. The Kier molecular flexibility index (Phi) is 5.06. The number of nitrogens with two attached hydrogens (primary N) is 1. The molecular weight excluding hydrogens is 354 g/mol. The zero-order valence-corrected chi connectivity index (χ0v) is 15.4. The van der Waals surface area contributed by atoms with Crippen LogP contribution < -0.4 is 11.1 Å². The maximum absolute atomic E-state index is 12.4. The van der Waals surface area contributed by atoms with Crippen LogP contribution in [0.15, 0.2) is 46.8 Å². The van der Waals surface area contributed by atoms with Crippen molar-refractivity contribution in [1.82, 2.24) is 4.98 Å². The molecule has 3 N–H and O–H groups in total. The summed E-state index contributed by atoms with van der Waals surface area (Å²) < 4.78 is 0. The highest BCUT2D eigenvalue weighted by atomic mass is 32.2. The van der Waals surface area contributed by atoms with Crippen LogP contribution in [0, 0.1) is 6.92 Å². The number of hydrogen-bond donors (Lipinski definition) is 2. The molecule has 0 spiro atoms. The van der Waals surface area contributed by atoms with Gasteiger partial charge in [-0.1, -0.05) is 30.0 Å². The SMILES string of the molecule is Cc1cc(S[C@H](C)C(=O)Nc2sccc2C(N)=O)nc2ccccc12. The first-order valence-corrected chi connectivity index (χ1v) is 9.43. The van der Waals surface area contributed by atoms with Crippen LogP contribution in [-0.2, 0) is 4.79 Å². The number of thioether (sulfide) groups is 1. The first-order chi connectivity index (χ1) is 12.0. The van der Waals surface area contributed by atoms with E-state index in [-0.39, 0.29) is 11.2 Å². The lowest BCUT2D eigenvalue weighted by Crippen LogP contribution is -2.23. The minimum absolute atomic E-state index is 0.192. The average molecular weight is 371 g/mol. The van der Waals surface area contributed by atoms with Crippen molar-refractivity contribution in [2.45, 2.75) is 24.1 Å². The summed E-state index contributed by atoms with van der Waals surface area (Å²) in [6, 6.07) is 11.5. The van der Waals surface area contributed by atoms with Gasteiger partial charge in [0.2, 0.25) is 5.91 Å². The number of rotatable bonds is 5. The summed E-state index contributed by atoms with van der Waals surface area (Å²) in [7, 11) is 0. The predicted molar refractivity (Wildman–Crippen MR) is 103 cm³/mol. The van der Waals surface area contributed by atoms with E-state index in [2.05, 4.69) is 10.3 Å². The molecule has 2 aromatic heterocycles. The van der Waals surface area contributed by atoms with E-state index < -0.39 is 5.91 Å². The number of nitrogens with zero attached hydrogens (tertiary/aromatic N) is 1. The van der Waals surface area contributed by atoms with E-state index >= 15 is 0 Å². The third-order valence-corrected chi connectivity index (χ3v) is 5.58. The summed E-state index contributed by atoms with van der Waals surface area (Å²) in [5.41, 5.74) is 7.66. The summed E-state index contributed by atoms with van der Waals surface area (Å²) in [4.78, 5) is 28.4. The van der Waals surface area contributed by atoms with E-state index in [1.165, 1.54) is 23.1 Å². The molecule has 0 saturated heterocycles. The van der Waals surface area contributed by atoms with Crippen molar-refractivity contribution < 1.29 is 9.59 Å². The summed E-state index contributed by atoms with van der Waals surface area (Å²) >= 11 is 2.66. The molecule has 3 rings (SSSR count). The van der Waals surface area contributed by atoms with Crippen molar-refractivity contribution in [2.24, 2.45) is 5.73 Å². The van der Waals surface area contributed by atoms with Crippen molar-refractivity contribution in [2.75, 3.05) is 5.32 Å². The zero-order chi connectivity index (χ0) is 18.0. The minimum atomic E-state index is -0.552. The Balaban J connectivity index is 1.75. The zero-order valence-electron chi connectivity index (χ0n) is 13.8. The highest BCUT2D eigenvalue weighted by molar-refractivity contribution is 8.00. The van der Waals surface area contributed by atoms with Crippen LogP contribution in [-0.4, -0.2) is 22.0 Å². The molecule has 3 aromatic rings. The van der Waals surface area contributed by atoms with E-state index in [9.17, 15) is 9.59 Å². The van der Waals surface area contributed by atoms with Crippen LogP contribution >= 0.6 is 23.1 Å². The van der Waals surface area contributed by atoms with Crippen LogP contribution in [0.2, 0.25) is 0 Å². The lowest BCUT2D eigenvalue weighted by atomic mass is 10.1. The fourth-order valence-corrected chi connectivity index (χ4v) is 4.15. The maximum Gasteiger partial charge on any atom is 0.251 e. The molecule has 0 aliphatic rings. The Labute approximate surface area is 153 Å². The number of para-hydroxylation sites is 1. The molecule has 0 radical (unpaired) electrons. The molecular formula is C18H17N3O2S2. The number of fused-ring (bicyclic) bond motifs is 1. The molecule has 7 heteroatoms. The number of primary amides is 1. The van der Waals surface area contributed by atoms with Gasteiger partial charge in [0.05, 0.1) is 21.4 Å². The molecule has 5 nitrogen and oxygen atoms in total. The summed E-state index contributed by atoms with van der Waals surface area (Å²) in [5.74, 6) is -0.744. The molecule has 0 aliphatic carbocycles. The van der Waals surface area contributed by atoms with Crippen molar-refractivity contribution in [3.8, 4) is 0 Å². The van der Waals surface area contributed by atoms with Gasteiger partial charge in [-0.2, -0.15) is 0 Å². The van der Waals surface area contributed by atoms with Gasteiger partial charge in [-0.15, -0.1) is 11.3 Å². The molecule has 25 heavy (non-hydrogen) atoms. The van der Waals surface area contributed by atoms with Crippen LogP contribution in [0.4, 0.5) is 5.00 Å². The first kappa shape index (κ1) is 17.4. The Bertz CT molecular complexity index is 952. The number of benzene rings is 1. The quantitative estimate of drug-likeness (QED) is 0.668. The fourth-order valence-electron chi connectivity index (χ4n) is 2.43. The second-order valence-electron chi connectivity index (χ2n) is 5.57. The molecule has 0 unspecified atom stereocenters. The number of hydrogen-bond acceptors (Lipinski definition) is 5. The van der Waals surface area contributed by atoms with Crippen LogP contribution in [0.25, 0.3) is 10.9 Å². The van der Waals surface area contributed by atoms with Crippen molar-refractivity contribution in [1.29, 1.82) is 0 Å². The maximum atomic E-state index is 12.4. The number of pyridine rings is 1. The van der Waals surface area contributed by atoms with Crippen LogP contribution in [0.3, 0.4) is 0 Å². The molecule has 128 valence electrons. The van der Waals surface area contributed by atoms with E-state index in [1.807, 2.05) is 44.2 Å². The van der Waals surface area contributed by atoms with Gasteiger partial charge in [-0.05, 0) is 43.0 Å². The Morgan fingerprint density at radius 3 is 2.80 bits per heavy atom. The molecule has 0 bridgehead atoms. The standard InChI is InChI=1S/C18H17N3O2S2/c1-10-9-15(20-14-6-4-3-5-12(10)14)25-11(2)17(23)21-18-13(16(19)22)7-8-24-18/h3-9,11H,1-2H3,(H2,19,22)(H,21,23)/t11-/m1/s1. The Morgan fingerprint density at radius 2 is 2.04 bits per heavy atom. The van der Waals surface area contributed by atoms with Gasteiger partial charge in [0.15, 0.2) is 0 Å². The second-order valence-corrected chi connectivity index (χ2v) is 7.85. The normalized spacial score (nSPS) is 12.1. The number of anilines is 1. The van der Waals surface area contributed by atoms with E-state index in [0.29, 0.717) is 10.6 Å². The Hall–Kier alpha value is -2.38. The number of carbonyl (C=O) groups excluding carboxylic acids is 2. The third-order valence-electron chi connectivity index (χ3n) is 3.73. The van der Waals surface area contributed by atoms with Crippen LogP contribution in [0.1, 0.15) is 22.8 Å². The first-order valence-electron chi connectivity index (χ1n) is 7.67. The largest absolute Gasteiger partial charge is 0.366 e. The van der Waals surface area contributed by atoms with E-state index in [1.54, 1.807) is 11.4 Å². The van der Waals surface area contributed by atoms with Gasteiger partial charge in [0.25, 0.3) is 5.91 Å². The fraction of sp³-hybridized carbons (Fsp3) is 0.167. The molecule has 0 saturated carbocycles. The summed E-state index contributed by atoms with van der Waals surface area (Å²) in [5, 5.41) is 6.51. The van der Waals surface area contributed by atoms with Crippen LogP contribution in [0.5, 0.6) is 0 Å². The topological polar surface area (TPSA) is 85.1 Å². The highest BCUT2D eigenvalue weighted by Crippen LogP contribution is 2.28. The van der Waals surface area contributed by atoms with Gasteiger partial charge < -0.3 is 11.1 Å². The van der Waals surface area contributed by atoms with Gasteiger partial charge in [-0.3, -0.25) is 9.59 Å². The van der Waals surface area contributed by atoms with E-state index in [0.717, 1.165) is 21.5 Å². The van der Waals surface area contributed by atoms with Crippen molar-refractivity contribution in [3.63, 3.8) is 0 Å². The number of aromatic nitrogens is 1. The number of nitrogens with one attached hydrogen (secondary N) is 1. The number of aryl methyl sites for hydroxylation is 1. The lowest BCUT2D eigenvalue weighted by molar-refractivity contribution is -0.115. The molecule has 1 aromatic carbocycles. The van der Waals surface area contributed by atoms with Gasteiger partial charge >= 0.3 is 0 Å². The summed E-state index contributed by atoms with van der Waals surface area (Å²) in [6.45, 7) is 3.84. The molecule has 2 amide bonds. The second kappa shape index (κ2) is 7.25. The predicted octanol–water partition coefficient (Wildman–Crippen LogP) is 3.82. The summed E-state index contributed by atoms with van der Waals surface area (Å²) in [6.07, 6.45) is 0. The van der Waals surface area contributed by atoms with Gasteiger partial charge in [-0.25, -0.2) is 4.98 Å². The smallest absolute Gasteiger partial charge is 0.251 e. The lowest BCUT2D eigenvalue weighted by Gasteiger charge is -2.12. The molecule has 0 fully saturated rings. The Morgan fingerprint density at radius 1 is 1.28 bits per heavy atom. The number of thiophene rings is 1. The molecule has 2 heterocycles. The van der Waals surface area contributed by atoms with Crippen molar-refractivity contribution in [3.05, 3.63) is 52.9 Å². The molecule has 0 aliphatic heterocycles. The van der Waals surface area contributed by atoms with Crippen molar-refractivity contribution >= 4 is 50.8 Å². The average Bonchev–Trinajstić information content (AvgIpc) is 3.03. The van der Waals surface area contributed by atoms with E-state index in [4.69, 9.17) is 5.73 Å². The van der Waals surface area contributed by atoms with Gasteiger partial charge in [0.1, 0.15) is 5.00 Å². The third kappa shape index (κ3) is 3.83. The number of amides is 2.